The van der Waals surface area contributed by atoms with Crippen LogP contribution in [0.5, 0.6) is 11.5 Å². The maximum atomic E-state index is 15.3. The van der Waals surface area contributed by atoms with Gasteiger partial charge in [-0.05, 0) is 55.8 Å². The van der Waals surface area contributed by atoms with Crippen molar-refractivity contribution in [3.05, 3.63) is 72.2 Å². The molecule has 1 aliphatic rings. The first-order valence-corrected chi connectivity index (χ1v) is 14.7. The van der Waals surface area contributed by atoms with E-state index in [-0.39, 0.29) is 30.2 Å². The Labute approximate surface area is 227 Å². The number of para-hydroxylation sites is 1. The van der Waals surface area contributed by atoms with E-state index >= 15 is 4.39 Å². The van der Waals surface area contributed by atoms with Crippen LogP contribution in [0.4, 0.5) is 4.39 Å². The van der Waals surface area contributed by atoms with E-state index in [1.165, 1.54) is 17.0 Å². The molecule has 0 atom stereocenters. The van der Waals surface area contributed by atoms with Gasteiger partial charge in [0.05, 0.1) is 53.2 Å². The molecule has 0 spiro atoms. The minimum absolute atomic E-state index is 0.0537. The standard InChI is InChI=1S/C29H30FN3O5S/c1-3-37-26-11-9-20(17-27(26)38-4-2)25-18-31-24-7-5-6-21(28(24)32-25)19-8-10-22(23(30)16-19)29(34)33-12-14-39(35,36)15-13-33/h5-11,16-18,35-36H,3-4,12-15H2,1-2H3. The lowest BCUT2D eigenvalue weighted by Gasteiger charge is -2.40. The Balaban J connectivity index is 1.48. The molecule has 204 valence electrons. The van der Waals surface area contributed by atoms with Gasteiger partial charge < -0.3 is 14.4 Å². The van der Waals surface area contributed by atoms with Crippen LogP contribution in [-0.2, 0) is 0 Å². The number of carbonyl (C=O) groups is 1. The van der Waals surface area contributed by atoms with Gasteiger partial charge in [-0.15, -0.1) is 0 Å². The van der Waals surface area contributed by atoms with Crippen LogP contribution in [0.15, 0.2) is 60.8 Å². The summed E-state index contributed by atoms with van der Waals surface area (Å²) in [6.07, 6.45) is 1.69. The van der Waals surface area contributed by atoms with Gasteiger partial charge in [0.1, 0.15) is 5.82 Å². The fraction of sp³-hybridized carbons (Fsp3) is 0.276. The summed E-state index contributed by atoms with van der Waals surface area (Å²) in [5.74, 6) is 0.373. The van der Waals surface area contributed by atoms with E-state index in [1.807, 2.05) is 50.2 Å². The molecule has 1 fully saturated rings. The quantitative estimate of drug-likeness (QED) is 0.286. The number of carbonyl (C=O) groups excluding carboxylic acids is 1. The van der Waals surface area contributed by atoms with Gasteiger partial charge in [0.15, 0.2) is 11.5 Å². The number of amides is 1. The number of nitrogens with zero attached hydrogens (tertiary/aromatic N) is 3. The Kier molecular flexibility index (Phi) is 7.69. The summed E-state index contributed by atoms with van der Waals surface area (Å²) in [4.78, 5) is 23.8. The van der Waals surface area contributed by atoms with Crippen LogP contribution in [0.25, 0.3) is 33.4 Å². The lowest BCUT2D eigenvalue weighted by Crippen LogP contribution is -2.42. The molecule has 0 saturated carbocycles. The Morgan fingerprint density at radius 3 is 2.41 bits per heavy atom. The number of halogens is 1. The van der Waals surface area contributed by atoms with Crippen LogP contribution in [0.3, 0.4) is 0 Å². The smallest absolute Gasteiger partial charge is 0.256 e. The molecule has 0 aliphatic carbocycles. The first kappa shape index (κ1) is 26.9. The highest BCUT2D eigenvalue weighted by Crippen LogP contribution is 2.40. The summed E-state index contributed by atoms with van der Waals surface area (Å²) >= 11 is 0. The van der Waals surface area contributed by atoms with E-state index in [4.69, 9.17) is 14.5 Å². The summed E-state index contributed by atoms with van der Waals surface area (Å²) in [5.41, 5.74) is 3.88. The monoisotopic (exact) mass is 551 g/mol. The second-order valence-corrected chi connectivity index (χ2v) is 11.6. The predicted molar refractivity (Wildman–Crippen MR) is 151 cm³/mol. The summed E-state index contributed by atoms with van der Waals surface area (Å²) in [6, 6.07) is 15.6. The second kappa shape index (κ2) is 11.2. The van der Waals surface area contributed by atoms with Crippen molar-refractivity contribution in [1.29, 1.82) is 0 Å². The topological polar surface area (TPSA) is 105 Å². The highest BCUT2D eigenvalue weighted by atomic mass is 32.3. The number of hydrogen-bond acceptors (Lipinski definition) is 7. The zero-order chi connectivity index (χ0) is 27.6. The largest absolute Gasteiger partial charge is 0.490 e. The van der Waals surface area contributed by atoms with Crippen molar-refractivity contribution >= 4 is 27.5 Å². The number of ether oxygens (including phenoxy) is 2. The fourth-order valence-corrected chi connectivity index (χ4v) is 5.80. The normalized spacial score (nSPS) is 15.7. The Morgan fingerprint density at radius 1 is 0.974 bits per heavy atom. The van der Waals surface area contributed by atoms with Crippen LogP contribution < -0.4 is 9.47 Å². The van der Waals surface area contributed by atoms with Gasteiger partial charge in [-0.3, -0.25) is 18.9 Å². The molecule has 1 aliphatic heterocycles. The molecule has 3 aromatic carbocycles. The van der Waals surface area contributed by atoms with Gasteiger partial charge in [-0.25, -0.2) is 9.37 Å². The first-order chi connectivity index (χ1) is 18.8. The molecule has 1 amide bonds. The lowest BCUT2D eigenvalue weighted by molar-refractivity contribution is 0.0763. The van der Waals surface area contributed by atoms with Gasteiger partial charge in [0, 0.05) is 24.2 Å². The molecule has 4 aromatic rings. The summed E-state index contributed by atoms with van der Waals surface area (Å²) in [5, 5.41) is 0. The summed E-state index contributed by atoms with van der Waals surface area (Å²) in [6.45, 7) is 5.19. The van der Waals surface area contributed by atoms with Crippen LogP contribution in [0, 0.1) is 5.82 Å². The predicted octanol–water partition coefficient (Wildman–Crippen LogP) is 6.11. The molecule has 0 unspecified atom stereocenters. The van der Waals surface area contributed by atoms with E-state index in [0.717, 1.165) is 5.56 Å². The number of rotatable bonds is 7. The highest BCUT2D eigenvalue weighted by molar-refractivity contribution is 8.24. The Bertz CT molecular complexity index is 1520. The molecule has 0 radical (unpaired) electrons. The van der Waals surface area contributed by atoms with Crippen LogP contribution in [0.2, 0.25) is 0 Å². The van der Waals surface area contributed by atoms with Crippen molar-refractivity contribution < 1.29 is 27.8 Å². The van der Waals surface area contributed by atoms with E-state index in [2.05, 4.69) is 4.98 Å². The Hall–Kier alpha value is -3.73. The average molecular weight is 552 g/mol. The van der Waals surface area contributed by atoms with E-state index in [9.17, 15) is 13.9 Å². The number of aromatic nitrogens is 2. The SMILES string of the molecule is CCOc1ccc(-c2cnc3cccc(-c4ccc(C(=O)N5CCS(O)(O)CC5)c(F)c4)c3n2)cc1OCC. The van der Waals surface area contributed by atoms with Crippen molar-refractivity contribution in [3.63, 3.8) is 0 Å². The second-order valence-electron chi connectivity index (χ2n) is 9.15. The third-order valence-corrected chi connectivity index (χ3v) is 8.26. The van der Waals surface area contributed by atoms with Crippen LogP contribution in [0.1, 0.15) is 24.2 Å². The molecule has 1 saturated heterocycles. The van der Waals surface area contributed by atoms with Gasteiger partial charge in [0.2, 0.25) is 0 Å². The maximum absolute atomic E-state index is 15.3. The minimum Gasteiger partial charge on any atom is -0.490 e. The third-order valence-electron chi connectivity index (χ3n) is 6.59. The van der Waals surface area contributed by atoms with Gasteiger partial charge in [0.25, 0.3) is 5.91 Å². The molecule has 8 nitrogen and oxygen atoms in total. The summed E-state index contributed by atoms with van der Waals surface area (Å²) in [7, 11) is -2.65. The molecule has 0 bridgehead atoms. The lowest BCUT2D eigenvalue weighted by atomic mass is 10.0. The molecule has 39 heavy (non-hydrogen) atoms. The molecular formula is C29H30FN3O5S. The van der Waals surface area contributed by atoms with Crippen molar-refractivity contribution in [2.75, 3.05) is 37.8 Å². The van der Waals surface area contributed by atoms with Gasteiger partial charge in [-0.2, -0.15) is 10.6 Å². The van der Waals surface area contributed by atoms with Crippen molar-refractivity contribution in [2.45, 2.75) is 13.8 Å². The van der Waals surface area contributed by atoms with Crippen LogP contribution in [-0.4, -0.2) is 67.7 Å². The first-order valence-electron chi connectivity index (χ1n) is 12.8. The molecule has 2 heterocycles. The molecule has 1 aromatic heterocycles. The fourth-order valence-electron chi connectivity index (χ4n) is 4.57. The maximum Gasteiger partial charge on any atom is 0.256 e. The molecule has 10 heteroatoms. The molecule has 5 rings (SSSR count). The highest BCUT2D eigenvalue weighted by Gasteiger charge is 2.27. The van der Waals surface area contributed by atoms with E-state index in [1.54, 1.807) is 12.3 Å². The van der Waals surface area contributed by atoms with Gasteiger partial charge >= 0.3 is 0 Å². The Morgan fingerprint density at radius 2 is 1.69 bits per heavy atom. The van der Waals surface area contributed by atoms with Crippen molar-refractivity contribution in [1.82, 2.24) is 14.9 Å². The number of fused-ring (bicyclic) bond motifs is 1. The van der Waals surface area contributed by atoms with E-state index < -0.39 is 22.3 Å². The van der Waals surface area contributed by atoms with Crippen LogP contribution >= 0.6 is 10.6 Å². The molecular weight excluding hydrogens is 521 g/mol. The summed E-state index contributed by atoms with van der Waals surface area (Å²) < 4.78 is 46.3. The zero-order valence-electron chi connectivity index (χ0n) is 21.8. The number of benzene rings is 3. The van der Waals surface area contributed by atoms with Crippen molar-refractivity contribution in [2.24, 2.45) is 0 Å². The minimum atomic E-state index is -2.65. The molecule has 2 N–H and O–H groups in total. The zero-order valence-corrected chi connectivity index (χ0v) is 22.6. The average Bonchev–Trinajstić information content (AvgIpc) is 2.93. The van der Waals surface area contributed by atoms with Crippen molar-refractivity contribution in [3.8, 4) is 33.9 Å². The number of hydrogen-bond donors (Lipinski definition) is 2. The third kappa shape index (κ3) is 5.68. The van der Waals surface area contributed by atoms with E-state index in [0.29, 0.717) is 52.6 Å². The van der Waals surface area contributed by atoms with Gasteiger partial charge in [-0.1, -0.05) is 18.2 Å².